The minimum atomic E-state index is -0.271. The maximum absolute atomic E-state index is 12.5. The largest absolute Gasteiger partial charge is 0.322 e. The van der Waals surface area contributed by atoms with Crippen LogP contribution in [0.4, 0.5) is 5.69 Å². The summed E-state index contributed by atoms with van der Waals surface area (Å²) in [6.07, 6.45) is 0. The molecule has 1 heterocycles. The summed E-state index contributed by atoms with van der Waals surface area (Å²) < 4.78 is 1.72. The first kappa shape index (κ1) is 20.9. The number of thioether (sulfide) groups is 1. The number of hydrogen-bond donors (Lipinski definition) is 1. The van der Waals surface area contributed by atoms with Crippen molar-refractivity contribution in [3.8, 4) is 0 Å². The number of rotatable bonds is 6. The average Bonchev–Trinajstić information content (AvgIpc) is 3.15. The number of halogens is 2. The van der Waals surface area contributed by atoms with Gasteiger partial charge in [0.05, 0.1) is 26.6 Å². The van der Waals surface area contributed by atoms with Crippen molar-refractivity contribution in [3.63, 3.8) is 0 Å². The predicted molar refractivity (Wildman–Crippen MR) is 126 cm³/mol. The molecule has 1 N–H and O–H groups in total. The number of amides is 1. The van der Waals surface area contributed by atoms with Crippen LogP contribution in [0.5, 0.6) is 0 Å². The van der Waals surface area contributed by atoms with Gasteiger partial charge in [-0.2, -0.15) is 0 Å². The van der Waals surface area contributed by atoms with E-state index < -0.39 is 0 Å². The molecule has 0 aliphatic heterocycles. The molecule has 4 rings (SSSR count). The third-order valence-electron chi connectivity index (χ3n) is 4.24. The summed E-state index contributed by atoms with van der Waals surface area (Å²) in [5, 5.41) is 3.86. The topological polar surface area (TPSA) is 59.1 Å². The molecule has 0 saturated heterocycles. The zero-order valence-electron chi connectivity index (χ0n) is 15.4. The van der Waals surface area contributed by atoms with Crippen LogP contribution in [-0.2, 0) is 0 Å². The number of carbonyl (C=O) groups excluding carboxylic acids is 2. The van der Waals surface area contributed by atoms with Gasteiger partial charge < -0.3 is 5.32 Å². The van der Waals surface area contributed by atoms with Crippen LogP contribution < -0.4 is 5.32 Å². The van der Waals surface area contributed by atoms with Crippen LogP contribution in [-0.4, -0.2) is 22.4 Å². The van der Waals surface area contributed by atoms with Crippen LogP contribution in [0.25, 0.3) is 10.2 Å². The van der Waals surface area contributed by atoms with Crippen molar-refractivity contribution in [2.75, 3.05) is 11.1 Å². The van der Waals surface area contributed by atoms with Gasteiger partial charge >= 0.3 is 0 Å². The molecule has 0 aliphatic rings. The van der Waals surface area contributed by atoms with E-state index in [0.717, 1.165) is 14.6 Å². The van der Waals surface area contributed by atoms with Crippen molar-refractivity contribution in [2.45, 2.75) is 4.34 Å². The Labute approximate surface area is 191 Å². The summed E-state index contributed by atoms with van der Waals surface area (Å²) in [7, 11) is 0. The maximum Gasteiger partial charge on any atom is 0.257 e. The van der Waals surface area contributed by atoms with Gasteiger partial charge in [0.2, 0.25) is 0 Å². The monoisotopic (exact) mass is 472 g/mol. The highest BCUT2D eigenvalue weighted by atomic mass is 35.5. The standard InChI is InChI=1S/C22H14Cl2N2O2S2/c23-14-7-5-13(6-8-14)19(27)12-29-22-26-18-10-9-15(11-20(18)30-22)25-21(28)16-3-1-2-4-17(16)24/h1-11H,12H2,(H,25,28). The number of ketones is 1. The molecule has 8 heteroatoms. The molecule has 0 saturated carbocycles. The first-order valence-corrected chi connectivity index (χ1v) is 11.4. The van der Waals surface area contributed by atoms with Crippen molar-refractivity contribution in [3.05, 3.63) is 87.9 Å². The van der Waals surface area contributed by atoms with E-state index in [4.69, 9.17) is 23.2 Å². The first-order chi connectivity index (χ1) is 14.5. The third kappa shape index (κ3) is 4.84. The zero-order valence-corrected chi connectivity index (χ0v) is 18.5. The molecule has 0 radical (unpaired) electrons. The number of carbonyl (C=O) groups is 2. The highest BCUT2D eigenvalue weighted by Crippen LogP contribution is 2.32. The van der Waals surface area contributed by atoms with Crippen molar-refractivity contribution in [1.29, 1.82) is 0 Å². The molecule has 150 valence electrons. The highest BCUT2D eigenvalue weighted by molar-refractivity contribution is 8.01. The summed E-state index contributed by atoms with van der Waals surface area (Å²) in [6.45, 7) is 0. The Bertz CT molecular complexity index is 1240. The second-order valence-electron chi connectivity index (χ2n) is 6.31. The molecule has 4 aromatic rings. The summed E-state index contributed by atoms with van der Waals surface area (Å²) >= 11 is 14.8. The Balaban J connectivity index is 1.44. The predicted octanol–water partition coefficient (Wildman–Crippen LogP) is 6.83. The van der Waals surface area contributed by atoms with E-state index in [2.05, 4.69) is 10.3 Å². The summed E-state index contributed by atoms with van der Waals surface area (Å²) in [6, 6.07) is 19.3. The number of thiazole rings is 1. The SMILES string of the molecule is O=C(CSc1nc2ccc(NC(=O)c3ccccc3Cl)cc2s1)c1ccc(Cl)cc1. The van der Waals surface area contributed by atoms with Gasteiger partial charge in [-0.05, 0) is 54.6 Å². The van der Waals surface area contributed by atoms with Crippen LogP contribution >= 0.6 is 46.3 Å². The Morgan fingerprint density at radius 2 is 1.77 bits per heavy atom. The second kappa shape index (κ2) is 9.18. The Kier molecular flexibility index (Phi) is 6.39. The number of Topliss-reactive ketones (excluding diaryl/α,β-unsaturated/α-hetero) is 1. The maximum atomic E-state index is 12.5. The minimum Gasteiger partial charge on any atom is -0.322 e. The normalized spacial score (nSPS) is 10.9. The quantitative estimate of drug-likeness (QED) is 0.246. The van der Waals surface area contributed by atoms with Crippen LogP contribution in [0.1, 0.15) is 20.7 Å². The fraction of sp³-hybridized carbons (Fsp3) is 0.0455. The zero-order chi connectivity index (χ0) is 21.1. The Morgan fingerprint density at radius 1 is 1.00 bits per heavy atom. The second-order valence-corrected chi connectivity index (χ2v) is 9.41. The lowest BCUT2D eigenvalue weighted by atomic mass is 10.1. The van der Waals surface area contributed by atoms with Gasteiger partial charge in [0.25, 0.3) is 5.91 Å². The van der Waals surface area contributed by atoms with E-state index in [-0.39, 0.29) is 17.4 Å². The van der Waals surface area contributed by atoms with E-state index in [0.29, 0.717) is 26.9 Å². The number of fused-ring (bicyclic) bond motifs is 1. The van der Waals surface area contributed by atoms with E-state index in [1.807, 2.05) is 12.1 Å². The van der Waals surface area contributed by atoms with Gasteiger partial charge in [-0.1, -0.05) is 47.1 Å². The minimum absolute atomic E-state index is 0.0172. The molecule has 1 aromatic heterocycles. The Morgan fingerprint density at radius 3 is 2.53 bits per heavy atom. The summed E-state index contributed by atoms with van der Waals surface area (Å²) in [5.41, 5.74) is 2.51. The molecule has 0 aliphatic carbocycles. The van der Waals surface area contributed by atoms with Gasteiger partial charge in [0.1, 0.15) is 0 Å². The molecular weight excluding hydrogens is 459 g/mol. The van der Waals surface area contributed by atoms with Crippen molar-refractivity contribution in [1.82, 2.24) is 4.98 Å². The summed E-state index contributed by atoms with van der Waals surface area (Å²) in [5.74, 6) is 0.0358. The van der Waals surface area contributed by atoms with Crippen LogP contribution in [0.2, 0.25) is 10.0 Å². The van der Waals surface area contributed by atoms with Gasteiger partial charge in [-0.25, -0.2) is 4.98 Å². The lowest BCUT2D eigenvalue weighted by Crippen LogP contribution is -2.12. The molecule has 0 unspecified atom stereocenters. The summed E-state index contributed by atoms with van der Waals surface area (Å²) in [4.78, 5) is 29.3. The third-order valence-corrected chi connectivity index (χ3v) is 6.98. The van der Waals surface area contributed by atoms with Crippen LogP contribution in [0.3, 0.4) is 0 Å². The molecule has 0 fully saturated rings. The van der Waals surface area contributed by atoms with E-state index >= 15 is 0 Å². The first-order valence-electron chi connectivity index (χ1n) is 8.87. The molecule has 0 atom stereocenters. The molecule has 1 amide bonds. The molecule has 4 nitrogen and oxygen atoms in total. The van der Waals surface area contributed by atoms with Gasteiger partial charge in [0, 0.05) is 16.3 Å². The number of benzene rings is 3. The number of anilines is 1. The van der Waals surface area contributed by atoms with Gasteiger partial charge in [-0.15, -0.1) is 11.3 Å². The number of nitrogens with one attached hydrogen (secondary N) is 1. The molecule has 0 bridgehead atoms. The van der Waals surface area contributed by atoms with E-state index in [9.17, 15) is 9.59 Å². The van der Waals surface area contributed by atoms with Crippen molar-refractivity contribution < 1.29 is 9.59 Å². The van der Waals surface area contributed by atoms with Crippen LogP contribution in [0.15, 0.2) is 71.1 Å². The van der Waals surface area contributed by atoms with Gasteiger partial charge in [-0.3, -0.25) is 9.59 Å². The lowest BCUT2D eigenvalue weighted by molar-refractivity contribution is 0.101. The molecular formula is C22H14Cl2N2O2S2. The van der Waals surface area contributed by atoms with Crippen LogP contribution in [0, 0.1) is 0 Å². The smallest absolute Gasteiger partial charge is 0.257 e. The molecule has 30 heavy (non-hydrogen) atoms. The fourth-order valence-electron chi connectivity index (χ4n) is 2.73. The fourth-order valence-corrected chi connectivity index (χ4v) is 5.08. The molecule has 0 spiro atoms. The number of nitrogens with zero attached hydrogens (tertiary/aromatic N) is 1. The molecule has 3 aromatic carbocycles. The average molecular weight is 473 g/mol. The van der Waals surface area contributed by atoms with E-state index in [1.54, 1.807) is 54.6 Å². The van der Waals surface area contributed by atoms with Gasteiger partial charge in [0.15, 0.2) is 10.1 Å². The van der Waals surface area contributed by atoms with Crippen molar-refractivity contribution >= 4 is 73.9 Å². The Hall–Kier alpha value is -2.38. The highest BCUT2D eigenvalue weighted by Gasteiger charge is 2.13. The van der Waals surface area contributed by atoms with Crippen molar-refractivity contribution in [2.24, 2.45) is 0 Å². The van der Waals surface area contributed by atoms with E-state index in [1.165, 1.54) is 23.1 Å². The number of hydrogen-bond acceptors (Lipinski definition) is 5. The lowest BCUT2D eigenvalue weighted by Gasteiger charge is -2.06. The number of aromatic nitrogens is 1.